The molecule has 104 valence electrons. The molecule has 0 saturated heterocycles. The minimum atomic E-state index is -0.378. The van der Waals surface area contributed by atoms with Crippen LogP contribution in [-0.2, 0) is 4.79 Å². The van der Waals surface area contributed by atoms with Gasteiger partial charge < -0.3 is 10.6 Å². The van der Waals surface area contributed by atoms with Crippen molar-refractivity contribution >= 4 is 33.2 Å². The highest BCUT2D eigenvalue weighted by molar-refractivity contribution is 9.10. The number of benzene rings is 2. The van der Waals surface area contributed by atoms with Gasteiger partial charge in [-0.2, -0.15) is 0 Å². The summed E-state index contributed by atoms with van der Waals surface area (Å²) in [6, 6.07) is 11.6. The Kier molecular flexibility index (Phi) is 4.74. The van der Waals surface area contributed by atoms with Gasteiger partial charge in [0.2, 0.25) is 5.91 Å². The second-order valence-electron chi connectivity index (χ2n) is 4.40. The SMILES string of the molecule is Cc1ccc(NCC(=O)Nc2cccc(F)c2)c(Br)c1. The molecule has 2 rings (SSSR count). The summed E-state index contributed by atoms with van der Waals surface area (Å²) in [6.07, 6.45) is 0. The fraction of sp³-hybridized carbons (Fsp3) is 0.133. The summed E-state index contributed by atoms with van der Waals surface area (Å²) in [4.78, 5) is 11.8. The van der Waals surface area contributed by atoms with Crippen molar-refractivity contribution in [1.82, 2.24) is 0 Å². The summed E-state index contributed by atoms with van der Waals surface area (Å²) in [7, 11) is 0. The largest absolute Gasteiger partial charge is 0.375 e. The lowest BCUT2D eigenvalue weighted by Crippen LogP contribution is -2.21. The Labute approximate surface area is 125 Å². The van der Waals surface area contributed by atoms with Crippen molar-refractivity contribution in [2.75, 3.05) is 17.2 Å². The molecule has 20 heavy (non-hydrogen) atoms. The van der Waals surface area contributed by atoms with E-state index in [-0.39, 0.29) is 18.3 Å². The molecule has 0 saturated carbocycles. The van der Waals surface area contributed by atoms with Crippen LogP contribution in [0.5, 0.6) is 0 Å². The van der Waals surface area contributed by atoms with Gasteiger partial charge in [-0.25, -0.2) is 4.39 Å². The molecule has 0 aliphatic heterocycles. The van der Waals surface area contributed by atoms with Crippen LogP contribution in [0.4, 0.5) is 15.8 Å². The van der Waals surface area contributed by atoms with E-state index in [1.807, 2.05) is 25.1 Å². The van der Waals surface area contributed by atoms with Crippen LogP contribution < -0.4 is 10.6 Å². The molecular weight excluding hydrogens is 323 g/mol. The molecule has 0 aliphatic carbocycles. The van der Waals surface area contributed by atoms with E-state index in [4.69, 9.17) is 0 Å². The maximum atomic E-state index is 13.0. The molecule has 3 nitrogen and oxygen atoms in total. The normalized spacial score (nSPS) is 10.2. The molecule has 0 radical (unpaired) electrons. The highest BCUT2D eigenvalue weighted by Gasteiger charge is 2.05. The van der Waals surface area contributed by atoms with Crippen LogP contribution in [-0.4, -0.2) is 12.5 Å². The maximum Gasteiger partial charge on any atom is 0.243 e. The van der Waals surface area contributed by atoms with Gasteiger partial charge in [-0.3, -0.25) is 4.79 Å². The van der Waals surface area contributed by atoms with Crippen LogP contribution in [0.2, 0.25) is 0 Å². The highest BCUT2D eigenvalue weighted by Crippen LogP contribution is 2.23. The Morgan fingerprint density at radius 1 is 1.25 bits per heavy atom. The predicted octanol–water partition coefficient (Wildman–Crippen LogP) is 3.95. The average molecular weight is 337 g/mol. The van der Waals surface area contributed by atoms with E-state index in [1.165, 1.54) is 12.1 Å². The van der Waals surface area contributed by atoms with E-state index in [0.717, 1.165) is 15.7 Å². The molecule has 0 unspecified atom stereocenters. The number of carbonyl (C=O) groups is 1. The number of rotatable bonds is 4. The minimum absolute atomic E-state index is 0.109. The fourth-order valence-electron chi connectivity index (χ4n) is 1.71. The summed E-state index contributed by atoms with van der Waals surface area (Å²) in [5.41, 5.74) is 2.41. The van der Waals surface area contributed by atoms with Crippen LogP contribution in [0.15, 0.2) is 46.9 Å². The molecular formula is C15H14BrFN2O. The molecule has 2 aromatic rings. The molecule has 0 aliphatic rings. The molecule has 0 fully saturated rings. The predicted molar refractivity (Wildman–Crippen MR) is 82.4 cm³/mol. The molecule has 2 N–H and O–H groups in total. The highest BCUT2D eigenvalue weighted by atomic mass is 79.9. The lowest BCUT2D eigenvalue weighted by Gasteiger charge is -2.10. The van der Waals surface area contributed by atoms with Crippen LogP contribution in [0.1, 0.15) is 5.56 Å². The zero-order valence-corrected chi connectivity index (χ0v) is 12.5. The molecule has 0 bridgehead atoms. The number of nitrogens with one attached hydrogen (secondary N) is 2. The van der Waals surface area contributed by atoms with Gasteiger partial charge in [0.15, 0.2) is 0 Å². The van der Waals surface area contributed by atoms with Gasteiger partial charge >= 0.3 is 0 Å². The van der Waals surface area contributed by atoms with Crippen LogP contribution in [0.25, 0.3) is 0 Å². The average Bonchev–Trinajstić information content (AvgIpc) is 2.37. The Balaban J connectivity index is 1.92. The van der Waals surface area contributed by atoms with Crippen molar-refractivity contribution in [1.29, 1.82) is 0 Å². The van der Waals surface area contributed by atoms with Gasteiger partial charge in [-0.15, -0.1) is 0 Å². The molecule has 5 heteroatoms. The van der Waals surface area contributed by atoms with E-state index in [1.54, 1.807) is 12.1 Å². The number of aryl methyl sites for hydroxylation is 1. The standard InChI is InChI=1S/C15H14BrFN2O/c1-10-5-6-14(13(16)7-10)18-9-15(20)19-12-4-2-3-11(17)8-12/h2-8,18H,9H2,1H3,(H,19,20). The molecule has 0 aromatic heterocycles. The minimum Gasteiger partial charge on any atom is -0.375 e. The first kappa shape index (κ1) is 14.5. The number of anilines is 2. The molecule has 2 aromatic carbocycles. The van der Waals surface area contributed by atoms with E-state index in [9.17, 15) is 9.18 Å². The van der Waals surface area contributed by atoms with Crippen LogP contribution >= 0.6 is 15.9 Å². The van der Waals surface area contributed by atoms with Crippen molar-refractivity contribution in [3.8, 4) is 0 Å². The third-order valence-corrected chi connectivity index (χ3v) is 3.33. The Morgan fingerprint density at radius 3 is 2.75 bits per heavy atom. The molecule has 0 heterocycles. The Bertz CT molecular complexity index is 631. The number of amides is 1. The summed E-state index contributed by atoms with van der Waals surface area (Å²) >= 11 is 3.43. The van der Waals surface area contributed by atoms with Gasteiger partial charge in [0, 0.05) is 15.8 Å². The van der Waals surface area contributed by atoms with Gasteiger partial charge in [0.1, 0.15) is 5.82 Å². The monoisotopic (exact) mass is 336 g/mol. The third kappa shape index (κ3) is 4.06. The molecule has 0 atom stereocenters. The maximum absolute atomic E-state index is 13.0. The smallest absolute Gasteiger partial charge is 0.243 e. The number of carbonyl (C=O) groups excluding carboxylic acids is 1. The van der Waals surface area contributed by atoms with Crippen molar-refractivity contribution in [2.45, 2.75) is 6.92 Å². The molecule has 1 amide bonds. The quantitative estimate of drug-likeness (QED) is 0.887. The summed E-state index contributed by atoms with van der Waals surface area (Å²) in [5, 5.41) is 5.65. The second-order valence-corrected chi connectivity index (χ2v) is 5.25. The lowest BCUT2D eigenvalue weighted by atomic mass is 10.2. The van der Waals surface area contributed by atoms with E-state index >= 15 is 0 Å². The summed E-state index contributed by atoms with van der Waals surface area (Å²) in [5.74, 6) is -0.611. The van der Waals surface area contributed by atoms with Crippen LogP contribution in [0.3, 0.4) is 0 Å². The fourth-order valence-corrected chi connectivity index (χ4v) is 2.34. The lowest BCUT2D eigenvalue weighted by molar-refractivity contribution is -0.114. The topological polar surface area (TPSA) is 41.1 Å². The van der Waals surface area contributed by atoms with Crippen molar-refractivity contribution in [3.05, 3.63) is 58.3 Å². The van der Waals surface area contributed by atoms with E-state index in [2.05, 4.69) is 26.6 Å². The Hall–Kier alpha value is -1.88. The zero-order valence-electron chi connectivity index (χ0n) is 10.9. The third-order valence-electron chi connectivity index (χ3n) is 2.67. The zero-order chi connectivity index (χ0) is 14.5. The molecule has 0 spiro atoms. The van der Waals surface area contributed by atoms with E-state index in [0.29, 0.717) is 5.69 Å². The number of halogens is 2. The van der Waals surface area contributed by atoms with Crippen molar-refractivity contribution < 1.29 is 9.18 Å². The first-order valence-corrected chi connectivity index (χ1v) is 6.89. The van der Waals surface area contributed by atoms with Gasteiger partial charge in [0.05, 0.1) is 6.54 Å². The van der Waals surface area contributed by atoms with Crippen molar-refractivity contribution in [2.24, 2.45) is 0 Å². The van der Waals surface area contributed by atoms with Crippen LogP contribution in [0, 0.1) is 12.7 Å². The van der Waals surface area contributed by atoms with Gasteiger partial charge in [-0.05, 0) is 58.7 Å². The second kappa shape index (κ2) is 6.52. The van der Waals surface area contributed by atoms with Crippen molar-refractivity contribution in [3.63, 3.8) is 0 Å². The summed E-state index contributed by atoms with van der Waals surface area (Å²) in [6.45, 7) is 2.10. The van der Waals surface area contributed by atoms with Gasteiger partial charge in [0.25, 0.3) is 0 Å². The van der Waals surface area contributed by atoms with E-state index < -0.39 is 0 Å². The first-order valence-electron chi connectivity index (χ1n) is 6.10. The number of hydrogen-bond donors (Lipinski definition) is 2. The summed E-state index contributed by atoms with van der Waals surface area (Å²) < 4.78 is 13.9. The Morgan fingerprint density at radius 2 is 2.05 bits per heavy atom. The van der Waals surface area contributed by atoms with Gasteiger partial charge in [-0.1, -0.05) is 12.1 Å². The first-order chi connectivity index (χ1) is 9.54. The number of hydrogen-bond acceptors (Lipinski definition) is 2.